The van der Waals surface area contributed by atoms with Gasteiger partial charge in [-0.3, -0.25) is 4.90 Å². The van der Waals surface area contributed by atoms with Crippen molar-refractivity contribution in [3.63, 3.8) is 0 Å². The molecule has 2 aromatic carbocycles. The van der Waals surface area contributed by atoms with Gasteiger partial charge < -0.3 is 20.4 Å². The summed E-state index contributed by atoms with van der Waals surface area (Å²) in [5, 5.41) is 39.3. The lowest BCUT2D eigenvalue weighted by Gasteiger charge is -2.47. The Bertz CT molecular complexity index is 743. The van der Waals surface area contributed by atoms with E-state index in [1.165, 1.54) is 0 Å². The Morgan fingerprint density at radius 3 is 1.54 bits per heavy atom. The predicted molar refractivity (Wildman–Crippen MR) is 92.1 cm³/mol. The summed E-state index contributed by atoms with van der Waals surface area (Å²) < 4.78 is 0. The van der Waals surface area contributed by atoms with Crippen LogP contribution in [0.4, 0.5) is 0 Å². The van der Waals surface area contributed by atoms with Crippen molar-refractivity contribution in [1.29, 1.82) is 0 Å². The number of rotatable bonds is 1. The van der Waals surface area contributed by atoms with Gasteiger partial charge in [-0.2, -0.15) is 0 Å². The van der Waals surface area contributed by atoms with Crippen molar-refractivity contribution in [3.05, 3.63) is 46.5 Å². The van der Waals surface area contributed by atoms with Crippen molar-refractivity contribution in [3.8, 4) is 23.0 Å². The molecule has 6 heteroatoms. The van der Waals surface area contributed by atoms with Crippen LogP contribution in [-0.2, 0) is 12.8 Å². The molecule has 2 aliphatic rings. The molecular weight excluding hydrogens is 330 g/mol. The maximum atomic E-state index is 9.87. The molecule has 0 radical (unpaired) electrons. The molecule has 4 rings (SSSR count). The van der Waals surface area contributed by atoms with Crippen LogP contribution in [0, 0.1) is 0 Å². The lowest BCUT2D eigenvalue weighted by molar-refractivity contribution is 0.108. The van der Waals surface area contributed by atoms with Gasteiger partial charge in [0.05, 0.1) is 0 Å². The number of benzene rings is 2. The fraction of sp³-hybridized carbons (Fsp3) is 0.333. The zero-order valence-electron chi connectivity index (χ0n) is 13.2. The molecule has 24 heavy (non-hydrogen) atoms. The minimum atomic E-state index is -0.0994. The highest BCUT2D eigenvalue weighted by molar-refractivity contribution is 5.85. The first-order chi connectivity index (χ1) is 11.0. The highest BCUT2D eigenvalue weighted by Crippen LogP contribution is 2.50. The largest absolute Gasteiger partial charge is 0.504 e. The van der Waals surface area contributed by atoms with Gasteiger partial charge in [0, 0.05) is 12.1 Å². The van der Waals surface area contributed by atoms with Crippen molar-refractivity contribution in [2.75, 3.05) is 6.54 Å². The fourth-order valence-corrected chi connectivity index (χ4v) is 4.13. The van der Waals surface area contributed by atoms with E-state index < -0.39 is 0 Å². The molecule has 0 saturated carbocycles. The van der Waals surface area contributed by atoms with E-state index >= 15 is 0 Å². The SMILES string of the molecule is CCN1C2Cc3cc(O)c(O)cc3C1Cc1cc(O)c(O)cc12.Cl. The molecule has 2 atom stereocenters. The Hall–Kier alpha value is -2.11. The maximum absolute atomic E-state index is 9.87. The number of hydrogen-bond acceptors (Lipinski definition) is 5. The Kier molecular flexibility index (Phi) is 4.01. The molecule has 128 valence electrons. The van der Waals surface area contributed by atoms with Crippen LogP contribution >= 0.6 is 12.4 Å². The Balaban J connectivity index is 0.00000169. The van der Waals surface area contributed by atoms with Crippen molar-refractivity contribution in [1.82, 2.24) is 4.90 Å². The molecule has 5 nitrogen and oxygen atoms in total. The minimum Gasteiger partial charge on any atom is -0.504 e. The van der Waals surface area contributed by atoms with Crippen molar-refractivity contribution < 1.29 is 20.4 Å². The van der Waals surface area contributed by atoms with Crippen LogP contribution in [0.3, 0.4) is 0 Å². The van der Waals surface area contributed by atoms with Crippen LogP contribution in [0.25, 0.3) is 0 Å². The molecule has 0 fully saturated rings. The molecule has 2 bridgehead atoms. The second kappa shape index (κ2) is 5.76. The number of nitrogens with zero attached hydrogens (tertiary/aromatic N) is 1. The number of fused-ring (bicyclic) bond motifs is 6. The van der Waals surface area contributed by atoms with Gasteiger partial charge in [0.1, 0.15) is 0 Å². The number of likely N-dealkylation sites (N-methyl/N-ethyl adjacent to an activating group) is 1. The summed E-state index contributed by atoms with van der Waals surface area (Å²) in [6.45, 7) is 2.94. The molecule has 0 aromatic heterocycles. The van der Waals surface area contributed by atoms with Crippen molar-refractivity contribution >= 4 is 12.4 Å². The highest BCUT2D eigenvalue weighted by Gasteiger charge is 2.40. The Morgan fingerprint density at radius 2 is 1.17 bits per heavy atom. The van der Waals surface area contributed by atoms with E-state index in [2.05, 4.69) is 11.8 Å². The molecule has 0 amide bonds. The normalized spacial score (nSPS) is 21.5. The molecule has 4 N–H and O–H groups in total. The first-order valence-corrected chi connectivity index (χ1v) is 7.84. The number of halogens is 1. The summed E-state index contributed by atoms with van der Waals surface area (Å²) in [6.07, 6.45) is 1.40. The summed E-state index contributed by atoms with van der Waals surface area (Å²) in [5.41, 5.74) is 4.10. The monoisotopic (exact) mass is 349 g/mol. The van der Waals surface area contributed by atoms with Gasteiger partial charge in [-0.05, 0) is 65.9 Å². The van der Waals surface area contributed by atoms with Crippen LogP contribution in [0.5, 0.6) is 23.0 Å². The van der Waals surface area contributed by atoms with Gasteiger partial charge in [0.25, 0.3) is 0 Å². The van der Waals surface area contributed by atoms with E-state index in [1.54, 1.807) is 24.3 Å². The average molecular weight is 350 g/mol. The molecule has 0 aliphatic carbocycles. The van der Waals surface area contributed by atoms with Crippen LogP contribution in [0.15, 0.2) is 24.3 Å². The first kappa shape index (κ1) is 16.7. The third-order valence-electron chi connectivity index (χ3n) is 5.18. The van der Waals surface area contributed by atoms with Crippen LogP contribution in [-0.4, -0.2) is 31.9 Å². The van der Waals surface area contributed by atoms with E-state index in [0.29, 0.717) is 12.8 Å². The van der Waals surface area contributed by atoms with Gasteiger partial charge in [0.15, 0.2) is 23.0 Å². The van der Waals surface area contributed by atoms with Crippen LogP contribution in [0.1, 0.15) is 41.3 Å². The van der Waals surface area contributed by atoms with E-state index in [-0.39, 0.29) is 47.5 Å². The summed E-state index contributed by atoms with van der Waals surface area (Å²) >= 11 is 0. The van der Waals surface area contributed by atoms with Crippen molar-refractivity contribution in [2.45, 2.75) is 31.8 Å². The lowest BCUT2D eigenvalue weighted by Crippen LogP contribution is -2.42. The Labute approximate surface area is 146 Å². The lowest BCUT2D eigenvalue weighted by atomic mass is 9.76. The second-order valence-electron chi connectivity index (χ2n) is 6.35. The second-order valence-corrected chi connectivity index (χ2v) is 6.35. The van der Waals surface area contributed by atoms with Gasteiger partial charge in [-0.25, -0.2) is 0 Å². The third kappa shape index (κ3) is 2.27. The molecule has 0 spiro atoms. The van der Waals surface area contributed by atoms with E-state index in [0.717, 1.165) is 28.8 Å². The van der Waals surface area contributed by atoms with Crippen molar-refractivity contribution in [2.24, 2.45) is 0 Å². The molecule has 0 saturated heterocycles. The molecule has 2 aromatic rings. The molecule has 2 unspecified atom stereocenters. The smallest absolute Gasteiger partial charge is 0.157 e. The minimum absolute atomic E-state index is 0. The fourth-order valence-electron chi connectivity index (χ4n) is 4.13. The van der Waals surface area contributed by atoms with Crippen LogP contribution in [0.2, 0.25) is 0 Å². The van der Waals surface area contributed by atoms with Crippen LogP contribution < -0.4 is 0 Å². The molecule has 2 aliphatic heterocycles. The number of aromatic hydroxyl groups is 4. The zero-order chi connectivity index (χ0) is 16.3. The Morgan fingerprint density at radius 1 is 0.792 bits per heavy atom. The topological polar surface area (TPSA) is 84.2 Å². The summed E-state index contributed by atoms with van der Waals surface area (Å²) in [6, 6.07) is 6.78. The predicted octanol–water partition coefficient (Wildman–Crippen LogP) is 3.15. The van der Waals surface area contributed by atoms with Gasteiger partial charge in [0.2, 0.25) is 0 Å². The van der Waals surface area contributed by atoms with E-state index in [9.17, 15) is 20.4 Å². The molecule has 2 heterocycles. The van der Waals surface area contributed by atoms with E-state index in [4.69, 9.17) is 0 Å². The molecular formula is C18H20ClNO4. The zero-order valence-corrected chi connectivity index (χ0v) is 14.0. The number of phenolic OH excluding ortho intramolecular Hbond substituents is 4. The standard InChI is InChI=1S/C18H19NO4.ClH/c1-2-19-13-3-9-5-15(20)17(22)7-11(9)14(19)4-10-6-16(21)18(23)8-12(10)13;/h5-8,13-14,20-23H,2-4H2,1H3;1H. The summed E-state index contributed by atoms with van der Waals surface area (Å²) in [5.74, 6) is -0.392. The summed E-state index contributed by atoms with van der Waals surface area (Å²) in [4.78, 5) is 2.34. The number of hydrogen-bond donors (Lipinski definition) is 4. The highest BCUT2D eigenvalue weighted by atomic mass is 35.5. The third-order valence-corrected chi connectivity index (χ3v) is 5.18. The van der Waals surface area contributed by atoms with Gasteiger partial charge >= 0.3 is 0 Å². The average Bonchev–Trinajstić information content (AvgIpc) is 2.51. The first-order valence-electron chi connectivity index (χ1n) is 7.84. The quantitative estimate of drug-likeness (QED) is 0.594. The van der Waals surface area contributed by atoms with Gasteiger partial charge in [-0.15, -0.1) is 12.4 Å². The maximum Gasteiger partial charge on any atom is 0.157 e. The number of phenols is 4. The van der Waals surface area contributed by atoms with E-state index in [1.807, 2.05) is 0 Å². The van der Waals surface area contributed by atoms with Gasteiger partial charge in [-0.1, -0.05) is 6.92 Å². The summed E-state index contributed by atoms with van der Waals surface area (Å²) in [7, 11) is 0.